The smallest absolute Gasteiger partial charge is 0.431 e. The number of hydrogen-bond donors (Lipinski definition) is 1. The third-order valence-electron chi connectivity index (χ3n) is 1.35. The van der Waals surface area contributed by atoms with Crippen molar-refractivity contribution in [1.29, 1.82) is 0 Å². The van der Waals surface area contributed by atoms with Crippen LogP contribution in [0.15, 0.2) is 0 Å². The van der Waals surface area contributed by atoms with Gasteiger partial charge in [0, 0.05) is 0 Å². The Kier molecular flexibility index (Phi) is 5.53. The largest absolute Gasteiger partial charge is 0.442 e. The van der Waals surface area contributed by atoms with Crippen LogP contribution in [0.3, 0.4) is 0 Å². The Bertz CT molecular complexity index is 173. The van der Waals surface area contributed by atoms with Crippen molar-refractivity contribution < 1.29 is 14.4 Å². The molecule has 0 fully saturated rings. The van der Waals surface area contributed by atoms with Crippen LogP contribution in [-0.4, -0.2) is 18.3 Å². The summed E-state index contributed by atoms with van der Waals surface area (Å²) in [6.07, 6.45) is 0.372. The molecular weight excluding hydrogens is 182 g/mol. The second kappa shape index (κ2) is 5.86. The molecule has 0 aliphatic carbocycles. The van der Waals surface area contributed by atoms with E-state index in [0.717, 1.165) is 6.42 Å². The zero-order valence-corrected chi connectivity index (χ0v) is 9.72. The first-order chi connectivity index (χ1) is 6.31. The Morgan fingerprint density at radius 2 is 1.93 bits per heavy atom. The molecule has 0 saturated carbocycles. The molecule has 0 heterocycles. The fraction of sp³-hybridized carbons (Fsp3) is 0.900. The lowest BCUT2D eigenvalue weighted by Crippen LogP contribution is -2.32. The lowest BCUT2D eigenvalue weighted by Gasteiger charge is -2.19. The molecule has 0 aromatic carbocycles. The Labute approximate surface area is 85.9 Å². The Morgan fingerprint density at radius 1 is 1.36 bits per heavy atom. The summed E-state index contributed by atoms with van der Waals surface area (Å²) in [5.74, 6) is 0.565. The van der Waals surface area contributed by atoms with Gasteiger partial charge in [-0.15, -0.1) is 0 Å². The first kappa shape index (κ1) is 13.2. The minimum Gasteiger partial charge on any atom is -0.442 e. The van der Waals surface area contributed by atoms with Gasteiger partial charge in [-0.25, -0.2) is 4.79 Å². The number of amides is 1. The summed E-state index contributed by atoms with van der Waals surface area (Å²) in [5, 5.41) is 0. The first-order valence-corrected chi connectivity index (χ1v) is 4.92. The fourth-order valence-corrected chi connectivity index (χ4v) is 0.704. The normalized spacial score (nSPS) is 11.6. The highest BCUT2D eigenvalue weighted by Gasteiger charge is 2.15. The quantitative estimate of drug-likeness (QED) is 0.564. The summed E-state index contributed by atoms with van der Waals surface area (Å²) in [4.78, 5) is 16.0. The summed E-state index contributed by atoms with van der Waals surface area (Å²) in [6, 6.07) is 0. The molecule has 0 spiro atoms. The van der Waals surface area contributed by atoms with E-state index < -0.39 is 11.7 Å². The van der Waals surface area contributed by atoms with E-state index in [1.165, 1.54) is 0 Å². The lowest BCUT2D eigenvalue weighted by atomic mass is 10.1. The minimum absolute atomic E-state index is 0.481. The molecule has 0 aliphatic rings. The van der Waals surface area contributed by atoms with Crippen LogP contribution >= 0.6 is 0 Å². The topological polar surface area (TPSA) is 47.6 Å². The molecule has 4 heteroatoms. The van der Waals surface area contributed by atoms with Gasteiger partial charge in [0.1, 0.15) is 5.60 Å². The predicted octanol–water partition coefficient (Wildman–Crippen LogP) is 2.49. The molecule has 1 amide bonds. The van der Waals surface area contributed by atoms with Crippen molar-refractivity contribution in [3.8, 4) is 0 Å². The average Bonchev–Trinajstić information content (AvgIpc) is 1.94. The fourth-order valence-electron chi connectivity index (χ4n) is 0.704. The molecule has 0 aromatic heterocycles. The number of carbonyl (C=O) groups excluding carboxylic acids is 1. The highest BCUT2D eigenvalue weighted by atomic mass is 16.7. The third-order valence-corrected chi connectivity index (χ3v) is 1.35. The van der Waals surface area contributed by atoms with Gasteiger partial charge in [-0.05, 0) is 33.1 Å². The molecule has 0 saturated heterocycles. The Balaban J connectivity index is 3.46. The van der Waals surface area contributed by atoms with Crippen LogP contribution in [0.2, 0.25) is 0 Å². The maximum atomic E-state index is 11.0. The van der Waals surface area contributed by atoms with Crippen molar-refractivity contribution in [2.45, 2.75) is 46.6 Å². The number of ether oxygens (including phenoxy) is 1. The van der Waals surface area contributed by atoms with Crippen LogP contribution in [0.1, 0.15) is 41.0 Å². The molecular formula is C10H21NO3. The summed E-state index contributed by atoms with van der Waals surface area (Å²) < 4.78 is 4.97. The molecule has 0 aromatic rings. The van der Waals surface area contributed by atoms with Crippen molar-refractivity contribution in [1.82, 2.24) is 5.48 Å². The average molecular weight is 203 g/mol. The van der Waals surface area contributed by atoms with Gasteiger partial charge in [0.25, 0.3) is 0 Å². The second-order valence-corrected chi connectivity index (χ2v) is 4.63. The Morgan fingerprint density at radius 3 is 2.36 bits per heavy atom. The molecule has 0 unspecified atom stereocenters. The molecule has 1 N–H and O–H groups in total. The monoisotopic (exact) mass is 203 g/mol. The van der Waals surface area contributed by atoms with Crippen LogP contribution < -0.4 is 5.48 Å². The van der Waals surface area contributed by atoms with Crippen molar-refractivity contribution in [2.24, 2.45) is 5.92 Å². The van der Waals surface area contributed by atoms with Gasteiger partial charge in [-0.2, -0.15) is 5.48 Å². The van der Waals surface area contributed by atoms with E-state index in [4.69, 9.17) is 9.57 Å². The summed E-state index contributed by atoms with van der Waals surface area (Å²) in [7, 11) is 0. The van der Waals surface area contributed by atoms with Crippen molar-refractivity contribution in [2.75, 3.05) is 6.61 Å². The minimum atomic E-state index is -0.541. The maximum absolute atomic E-state index is 11.0. The number of carbonyl (C=O) groups is 1. The van der Waals surface area contributed by atoms with Crippen LogP contribution in [0.4, 0.5) is 4.79 Å². The number of nitrogens with one attached hydrogen (secondary N) is 1. The van der Waals surface area contributed by atoms with Gasteiger partial charge >= 0.3 is 6.09 Å². The second-order valence-electron chi connectivity index (χ2n) is 4.63. The molecule has 4 nitrogen and oxygen atoms in total. The molecule has 0 rings (SSSR count). The van der Waals surface area contributed by atoms with E-state index in [-0.39, 0.29) is 0 Å². The number of hydrogen-bond acceptors (Lipinski definition) is 3. The number of rotatable bonds is 4. The van der Waals surface area contributed by atoms with E-state index in [1.807, 2.05) is 0 Å². The van der Waals surface area contributed by atoms with E-state index in [0.29, 0.717) is 12.5 Å². The van der Waals surface area contributed by atoms with Crippen molar-refractivity contribution >= 4 is 6.09 Å². The van der Waals surface area contributed by atoms with Crippen molar-refractivity contribution in [3.63, 3.8) is 0 Å². The highest BCUT2D eigenvalue weighted by Crippen LogP contribution is 2.06. The molecule has 0 atom stereocenters. The van der Waals surface area contributed by atoms with E-state index >= 15 is 0 Å². The lowest BCUT2D eigenvalue weighted by molar-refractivity contribution is -0.0101. The van der Waals surface area contributed by atoms with Crippen LogP contribution in [0.5, 0.6) is 0 Å². The first-order valence-electron chi connectivity index (χ1n) is 4.92. The summed E-state index contributed by atoms with van der Waals surface area (Å²) >= 11 is 0. The van der Waals surface area contributed by atoms with Gasteiger partial charge in [-0.1, -0.05) is 13.8 Å². The molecule has 14 heavy (non-hydrogen) atoms. The van der Waals surface area contributed by atoms with Gasteiger partial charge in [0.05, 0.1) is 6.61 Å². The highest BCUT2D eigenvalue weighted by molar-refractivity contribution is 5.66. The zero-order valence-electron chi connectivity index (χ0n) is 9.72. The van der Waals surface area contributed by atoms with Gasteiger partial charge in [0.2, 0.25) is 0 Å². The van der Waals surface area contributed by atoms with E-state index in [1.54, 1.807) is 20.8 Å². The Hall–Kier alpha value is -0.770. The van der Waals surface area contributed by atoms with Gasteiger partial charge in [-0.3, -0.25) is 4.84 Å². The standard InChI is InChI=1S/C10H21NO3/c1-8(2)6-7-13-11-9(12)14-10(3,4)5/h8H,6-7H2,1-5H3,(H,11,12). The summed E-state index contributed by atoms with van der Waals surface area (Å²) in [5.41, 5.74) is 1.75. The van der Waals surface area contributed by atoms with Crippen molar-refractivity contribution in [3.05, 3.63) is 0 Å². The van der Waals surface area contributed by atoms with E-state index in [9.17, 15) is 4.79 Å². The maximum Gasteiger partial charge on any atom is 0.431 e. The molecule has 0 radical (unpaired) electrons. The number of hydroxylamine groups is 1. The molecule has 0 bridgehead atoms. The van der Waals surface area contributed by atoms with E-state index in [2.05, 4.69) is 19.3 Å². The zero-order chi connectivity index (χ0) is 11.2. The van der Waals surface area contributed by atoms with Gasteiger partial charge in [0.15, 0.2) is 0 Å². The molecule has 84 valence electrons. The van der Waals surface area contributed by atoms with Crippen LogP contribution in [0, 0.1) is 5.92 Å². The SMILES string of the molecule is CC(C)CCONC(=O)OC(C)(C)C. The van der Waals surface area contributed by atoms with Crippen LogP contribution in [-0.2, 0) is 9.57 Å². The predicted molar refractivity (Wildman–Crippen MR) is 54.8 cm³/mol. The van der Waals surface area contributed by atoms with Gasteiger partial charge < -0.3 is 4.74 Å². The summed E-state index contributed by atoms with van der Waals surface area (Å²) in [6.45, 7) is 10.1. The van der Waals surface area contributed by atoms with Crippen LogP contribution in [0.25, 0.3) is 0 Å². The molecule has 0 aliphatic heterocycles. The third kappa shape index (κ3) is 9.32.